The number of likely N-dealkylation sites (tertiary alicyclic amines) is 1. The Kier molecular flexibility index (Phi) is 5.75. The molecular formula is C20H32N4O4. The zero-order chi connectivity index (χ0) is 19.7. The van der Waals surface area contributed by atoms with Crippen LogP contribution in [0.1, 0.15) is 32.6 Å². The highest BCUT2D eigenvalue weighted by Gasteiger charge is 2.45. The van der Waals surface area contributed by atoms with E-state index < -0.39 is 0 Å². The maximum Gasteiger partial charge on any atom is 0.320 e. The molecule has 0 unspecified atom stereocenters. The highest BCUT2D eigenvalue weighted by atomic mass is 16.5. The molecule has 0 aromatic carbocycles. The molecule has 8 heteroatoms. The van der Waals surface area contributed by atoms with Crippen molar-refractivity contribution in [2.24, 2.45) is 11.8 Å². The SMILES string of the molecule is CCOCC(=O)N1CCN(C(=O)N2C[C@H]3C[C@H](C2)[C@H]2CCCC(=O)N2C3)CC1. The number of carbonyl (C=O) groups is 3. The molecule has 0 aromatic heterocycles. The fourth-order valence-electron chi connectivity index (χ4n) is 5.39. The number of rotatable bonds is 3. The Hall–Kier alpha value is -1.83. The third-order valence-electron chi connectivity index (χ3n) is 6.78. The first-order chi connectivity index (χ1) is 13.6. The molecule has 0 N–H and O–H groups in total. The Morgan fingerprint density at radius 3 is 2.54 bits per heavy atom. The first-order valence-electron chi connectivity index (χ1n) is 10.8. The molecule has 2 bridgehead atoms. The Labute approximate surface area is 166 Å². The van der Waals surface area contributed by atoms with Crippen molar-refractivity contribution >= 4 is 17.8 Å². The van der Waals surface area contributed by atoms with Crippen LogP contribution in [0.5, 0.6) is 0 Å². The number of fused-ring (bicyclic) bond motifs is 4. The van der Waals surface area contributed by atoms with Crippen molar-refractivity contribution in [3.8, 4) is 0 Å². The molecule has 4 saturated heterocycles. The summed E-state index contributed by atoms with van der Waals surface area (Å²) in [7, 11) is 0. The average molecular weight is 393 g/mol. The van der Waals surface area contributed by atoms with Gasteiger partial charge in [-0.25, -0.2) is 4.79 Å². The fraction of sp³-hybridized carbons (Fsp3) is 0.850. The van der Waals surface area contributed by atoms with Gasteiger partial charge in [0, 0.05) is 64.9 Å². The molecule has 0 aromatic rings. The van der Waals surface area contributed by atoms with Gasteiger partial charge >= 0.3 is 6.03 Å². The number of urea groups is 1. The Morgan fingerprint density at radius 1 is 1.04 bits per heavy atom. The summed E-state index contributed by atoms with van der Waals surface area (Å²) in [6, 6.07) is 0.420. The lowest BCUT2D eigenvalue weighted by molar-refractivity contribution is -0.144. The Morgan fingerprint density at radius 2 is 1.79 bits per heavy atom. The second-order valence-corrected chi connectivity index (χ2v) is 8.56. The normalized spacial score (nSPS) is 30.3. The quantitative estimate of drug-likeness (QED) is 0.706. The van der Waals surface area contributed by atoms with Crippen molar-refractivity contribution in [1.29, 1.82) is 0 Å². The minimum Gasteiger partial charge on any atom is -0.372 e. The van der Waals surface area contributed by atoms with Gasteiger partial charge in [0.15, 0.2) is 0 Å². The van der Waals surface area contributed by atoms with E-state index in [1.165, 1.54) is 0 Å². The van der Waals surface area contributed by atoms with Gasteiger partial charge in [-0.1, -0.05) is 0 Å². The molecule has 28 heavy (non-hydrogen) atoms. The summed E-state index contributed by atoms with van der Waals surface area (Å²) in [5.74, 6) is 1.12. The highest BCUT2D eigenvalue weighted by molar-refractivity contribution is 5.79. The Bertz CT molecular complexity index is 619. The second kappa shape index (κ2) is 8.27. The summed E-state index contributed by atoms with van der Waals surface area (Å²) in [4.78, 5) is 45.2. The fourth-order valence-corrected chi connectivity index (χ4v) is 5.39. The van der Waals surface area contributed by atoms with Crippen molar-refractivity contribution < 1.29 is 19.1 Å². The van der Waals surface area contributed by atoms with E-state index in [4.69, 9.17) is 4.74 Å². The van der Waals surface area contributed by atoms with Crippen LogP contribution in [0.4, 0.5) is 4.79 Å². The second-order valence-electron chi connectivity index (χ2n) is 8.56. The molecule has 0 radical (unpaired) electrons. The maximum absolute atomic E-state index is 13.1. The van der Waals surface area contributed by atoms with Gasteiger partial charge in [0.25, 0.3) is 0 Å². The van der Waals surface area contributed by atoms with Gasteiger partial charge in [0.1, 0.15) is 6.61 Å². The Balaban J connectivity index is 1.32. The number of carbonyl (C=O) groups excluding carboxylic acids is 3. The van der Waals surface area contributed by atoms with Gasteiger partial charge < -0.3 is 24.3 Å². The first kappa shape index (κ1) is 19.5. The molecule has 4 aliphatic rings. The van der Waals surface area contributed by atoms with Crippen molar-refractivity contribution in [3.63, 3.8) is 0 Å². The molecule has 4 heterocycles. The largest absolute Gasteiger partial charge is 0.372 e. The number of amides is 4. The number of nitrogens with zero attached hydrogens (tertiary/aromatic N) is 4. The van der Waals surface area contributed by atoms with Crippen LogP contribution in [0.3, 0.4) is 0 Å². The number of ether oxygens (including phenoxy) is 1. The summed E-state index contributed by atoms with van der Waals surface area (Å²) in [5, 5.41) is 0. The van der Waals surface area contributed by atoms with Gasteiger partial charge in [-0.2, -0.15) is 0 Å². The van der Waals surface area contributed by atoms with Gasteiger partial charge in [0.2, 0.25) is 11.8 Å². The highest BCUT2D eigenvalue weighted by Crippen LogP contribution is 2.38. The molecule has 156 valence electrons. The van der Waals surface area contributed by atoms with Crippen molar-refractivity contribution in [2.75, 3.05) is 59.0 Å². The molecule has 0 saturated carbocycles. The lowest BCUT2D eigenvalue weighted by atomic mass is 9.76. The smallest absolute Gasteiger partial charge is 0.320 e. The zero-order valence-corrected chi connectivity index (χ0v) is 16.8. The predicted molar refractivity (Wildman–Crippen MR) is 103 cm³/mol. The van der Waals surface area contributed by atoms with Crippen LogP contribution >= 0.6 is 0 Å². The minimum absolute atomic E-state index is 0.00325. The molecule has 4 fully saturated rings. The van der Waals surface area contributed by atoms with E-state index in [9.17, 15) is 14.4 Å². The lowest BCUT2D eigenvalue weighted by Gasteiger charge is -2.53. The summed E-state index contributed by atoms with van der Waals surface area (Å²) in [6.07, 6.45) is 3.88. The number of hydrogen-bond acceptors (Lipinski definition) is 4. The van der Waals surface area contributed by atoms with Gasteiger partial charge in [-0.05, 0) is 38.0 Å². The average Bonchev–Trinajstić information content (AvgIpc) is 2.72. The van der Waals surface area contributed by atoms with Crippen molar-refractivity contribution in [2.45, 2.75) is 38.6 Å². The van der Waals surface area contributed by atoms with Crippen LogP contribution in [-0.4, -0.2) is 103 Å². The molecule has 8 nitrogen and oxygen atoms in total. The van der Waals surface area contributed by atoms with E-state index in [1.54, 1.807) is 4.90 Å². The molecular weight excluding hydrogens is 360 g/mol. The summed E-state index contributed by atoms with van der Waals surface area (Å²) in [6.45, 7) is 7.15. The first-order valence-corrected chi connectivity index (χ1v) is 10.8. The minimum atomic E-state index is 0.00325. The summed E-state index contributed by atoms with van der Waals surface area (Å²) < 4.78 is 5.20. The monoisotopic (exact) mass is 392 g/mol. The number of piperidine rings is 3. The third-order valence-corrected chi connectivity index (χ3v) is 6.78. The number of piperazine rings is 1. The van der Waals surface area contributed by atoms with E-state index in [0.717, 1.165) is 38.9 Å². The van der Waals surface area contributed by atoms with Gasteiger partial charge in [-0.3, -0.25) is 9.59 Å². The van der Waals surface area contributed by atoms with Crippen LogP contribution in [0, 0.1) is 11.8 Å². The molecule has 0 spiro atoms. The van der Waals surface area contributed by atoms with Crippen molar-refractivity contribution in [3.05, 3.63) is 0 Å². The lowest BCUT2D eigenvalue weighted by Crippen LogP contribution is -2.63. The van der Waals surface area contributed by atoms with E-state index >= 15 is 0 Å². The van der Waals surface area contributed by atoms with Crippen LogP contribution < -0.4 is 0 Å². The van der Waals surface area contributed by atoms with Crippen LogP contribution in [0.25, 0.3) is 0 Å². The van der Waals surface area contributed by atoms with E-state index in [0.29, 0.717) is 63.0 Å². The summed E-state index contributed by atoms with van der Waals surface area (Å²) in [5.41, 5.74) is 0. The van der Waals surface area contributed by atoms with Crippen LogP contribution in [0.15, 0.2) is 0 Å². The van der Waals surface area contributed by atoms with Gasteiger partial charge in [0.05, 0.1) is 0 Å². The van der Waals surface area contributed by atoms with Crippen LogP contribution in [-0.2, 0) is 14.3 Å². The van der Waals surface area contributed by atoms with Gasteiger partial charge in [-0.15, -0.1) is 0 Å². The molecule has 4 aliphatic heterocycles. The standard InChI is InChI=1S/C20H32N4O4/c1-2-28-14-19(26)21-6-8-22(9-7-21)20(27)23-11-15-10-16(13-23)17-4-3-5-18(25)24(17)12-15/h15-17H,2-14H2,1H3/t15-,16-,17-/m1/s1. The maximum atomic E-state index is 13.1. The van der Waals surface area contributed by atoms with E-state index in [1.807, 2.05) is 16.7 Å². The van der Waals surface area contributed by atoms with E-state index in [-0.39, 0.29) is 18.5 Å². The van der Waals surface area contributed by atoms with Crippen molar-refractivity contribution in [1.82, 2.24) is 19.6 Å². The number of hydrogen-bond donors (Lipinski definition) is 0. The molecule has 4 rings (SSSR count). The zero-order valence-electron chi connectivity index (χ0n) is 16.8. The predicted octanol–water partition coefficient (Wildman–Crippen LogP) is 0.620. The van der Waals surface area contributed by atoms with E-state index in [2.05, 4.69) is 4.90 Å². The topological polar surface area (TPSA) is 73.4 Å². The summed E-state index contributed by atoms with van der Waals surface area (Å²) >= 11 is 0. The molecule has 4 amide bonds. The van der Waals surface area contributed by atoms with Crippen LogP contribution in [0.2, 0.25) is 0 Å². The molecule has 0 aliphatic carbocycles. The molecule has 3 atom stereocenters. The third kappa shape index (κ3) is 3.83.